The van der Waals surface area contributed by atoms with Crippen molar-refractivity contribution in [3.63, 3.8) is 0 Å². The smallest absolute Gasteiger partial charge is 0.161 e. The SMILES string of the molecule is COCC12CNCCC1(c1ccc(N/C=C3/C=C(C)C=C(C(C)=O)C3=N)cc1)C2. The molecular weight excluding hydrogens is 362 g/mol. The van der Waals surface area contributed by atoms with Crippen LogP contribution in [0.3, 0.4) is 0 Å². The molecule has 1 saturated carbocycles. The van der Waals surface area contributed by atoms with Crippen LogP contribution in [0.25, 0.3) is 0 Å². The summed E-state index contributed by atoms with van der Waals surface area (Å²) in [6, 6.07) is 8.64. The van der Waals surface area contributed by atoms with Crippen LogP contribution >= 0.6 is 0 Å². The summed E-state index contributed by atoms with van der Waals surface area (Å²) in [7, 11) is 1.79. The molecule has 1 aromatic carbocycles. The number of anilines is 1. The highest BCUT2D eigenvalue weighted by Crippen LogP contribution is 2.67. The van der Waals surface area contributed by atoms with Gasteiger partial charge in [-0.2, -0.15) is 0 Å². The van der Waals surface area contributed by atoms with Gasteiger partial charge in [-0.05, 0) is 68.7 Å². The van der Waals surface area contributed by atoms with E-state index in [1.165, 1.54) is 18.9 Å². The van der Waals surface area contributed by atoms with Gasteiger partial charge in [0, 0.05) is 47.5 Å². The Hall–Kier alpha value is -2.50. The lowest BCUT2D eigenvalue weighted by molar-refractivity contribution is -0.113. The summed E-state index contributed by atoms with van der Waals surface area (Å²) in [5, 5.41) is 15.1. The van der Waals surface area contributed by atoms with E-state index in [-0.39, 0.29) is 22.3 Å². The number of Topliss-reactive ketones (excluding diaryl/α,β-unsaturated/α-hetero) is 1. The molecule has 3 N–H and O–H groups in total. The van der Waals surface area contributed by atoms with Crippen LogP contribution in [-0.4, -0.2) is 38.3 Å². The van der Waals surface area contributed by atoms with E-state index in [0.717, 1.165) is 43.0 Å². The largest absolute Gasteiger partial charge is 0.384 e. The number of carbonyl (C=O) groups is 1. The van der Waals surface area contributed by atoms with E-state index in [9.17, 15) is 4.79 Å². The van der Waals surface area contributed by atoms with Gasteiger partial charge in [-0.1, -0.05) is 12.1 Å². The van der Waals surface area contributed by atoms with Crippen molar-refractivity contribution in [2.45, 2.75) is 32.1 Å². The van der Waals surface area contributed by atoms with Gasteiger partial charge in [0.05, 0.1) is 12.3 Å². The maximum absolute atomic E-state index is 11.8. The molecule has 152 valence electrons. The lowest BCUT2D eigenvalue weighted by Gasteiger charge is -2.31. The van der Waals surface area contributed by atoms with Gasteiger partial charge >= 0.3 is 0 Å². The van der Waals surface area contributed by atoms with E-state index < -0.39 is 0 Å². The molecule has 2 unspecified atom stereocenters. The molecule has 5 heteroatoms. The zero-order chi connectivity index (χ0) is 20.6. The third kappa shape index (κ3) is 3.38. The first-order chi connectivity index (χ1) is 13.9. The van der Waals surface area contributed by atoms with E-state index in [1.807, 2.05) is 19.2 Å². The van der Waals surface area contributed by atoms with Crippen LogP contribution in [-0.2, 0) is 14.9 Å². The maximum atomic E-state index is 11.8. The Morgan fingerprint density at radius 3 is 2.76 bits per heavy atom. The van der Waals surface area contributed by atoms with E-state index in [1.54, 1.807) is 13.2 Å². The van der Waals surface area contributed by atoms with Gasteiger partial charge < -0.3 is 15.4 Å². The zero-order valence-corrected chi connectivity index (χ0v) is 17.4. The number of allylic oxidation sites excluding steroid dienone is 5. The normalized spacial score (nSPS) is 29.8. The van der Waals surface area contributed by atoms with Crippen molar-refractivity contribution in [3.8, 4) is 0 Å². The Kier molecular flexibility index (Phi) is 5.05. The molecule has 2 aliphatic carbocycles. The Morgan fingerprint density at radius 1 is 1.31 bits per heavy atom. The third-order valence-electron chi connectivity index (χ3n) is 6.67. The van der Waals surface area contributed by atoms with E-state index in [0.29, 0.717) is 5.57 Å². The van der Waals surface area contributed by atoms with Crippen LogP contribution in [0.4, 0.5) is 5.69 Å². The van der Waals surface area contributed by atoms with E-state index >= 15 is 0 Å². The fourth-order valence-corrected chi connectivity index (χ4v) is 5.07. The topological polar surface area (TPSA) is 74.2 Å². The molecule has 5 nitrogen and oxygen atoms in total. The predicted octanol–water partition coefficient (Wildman–Crippen LogP) is 3.75. The summed E-state index contributed by atoms with van der Waals surface area (Å²) in [6.07, 6.45) is 7.84. The number of hydrogen-bond donors (Lipinski definition) is 3. The molecule has 0 bridgehead atoms. The molecule has 29 heavy (non-hydrogen) atoms. The van der Waals surface area contributed by atoms with Gasteiger partial charge in [0.15, 0.2) is 5.78 Å². The van der Waals surface area contributed by atoms with E-state index in [2.05, 4.69) is 34.9 Å². The Balaban J connectivity index is 1.50. The Bertz CT molecular complexity index is 937. The summed E-state index contributed by atoms with van der Waals surface area (Å²) in [5.74, 6) is -0.0806. The first-order valence-corrected chi connectivity index (χ1v) is 10.2. The van der Waals surface area contributed by atoms with Crippen molar-refractivity contribution in [1.29, 1.82) is 5.41 Å². The monoisotopic (exact) mass is 391 g/mol. The molecule has 0 amide bonds. The molecule has 2 fully saturated rings. The molecule has 1 saturated heterocycles. The van der Waals surface area contributed by atoms with Crippen LogP contribution in [0, 0.1) is 10.8 Å². The van der Waals surface area contributed by atoms with Crippen molar-refractivity contribution < 1.29 is 9.53 Å². The molecule has 0 aromatic heterocycles. The van der Waals surface area contributed by atoms with Crippen molar-refractivity contribution in [3.05, 3.63) is 64.9 Å². The van der Waals surface area contributed by atoms with Gasteiger partial charge in [0.2, 0.25) is 0 Å². The molecule has 0 radical (unpaired) electrons. The summed E-state index contributed by atoms with van der Waals surface area (Å²) in [5.41, 5.74) is 5.24. The molecule has 0 spiro atoms. The van der Waals surface area contributed by atoms with Gasteiger partial charge in [-0.15, -0.1) is 0 Å². The second-order valence-electron chi connectivity index (χ2n) is 8.60. The number of methoxy groups -OCH3 is 1. The molecule has 3 aliphatic rings. The first kappa shape index (κ1) is 19.8. The third-order valence-corrected chi connectivity index (χ3v) is 6.67. The average Bonchev–Trinajstić information content (AvgIpc) is 3.39. The molecule has 1 heterocycles. The maximum Gasteiger partial charge on any atom is 0.161 e. The minimum absolute atomic E-state index is 0.0806. The number of hydrogen-bond acceptors (Lipinski definition) is 5. The Morgan fingerprint density at radius 2 is 2.07 bits per heavy atom. The molecule has 2 atom stereocenters. The van der Waals surface area contributed by atoms with Crippen molar-refractivity contribution in [2.24, 2.45) is 5.41 Å². The van der Waals surface area contributed by atoms with Crippen molar-refractivity contribution in [1.82, 2.24) is 5.32 Å². The highest BCUT2D eigenvalue weighted by atomic mass is 16.5. The molecular formula is C24H29N3O2. The van der Waals surface area contributed by atoms with E-state index in [4.69, 9.17) is 10.1 Å². The number of nitrogens with one attached hydrogen (secondary N) is 3. The summed E-state index contributed by atoms with van der Waals surface area (Å²) in [6.45, 7) is 6.32. The second kappa shape index (κ2) is 7.39. The van der Waals surface area contributed by atoms with Gasteiger partial charge in [-0.25, -0.2) is 0 Å². The number of benzene rings is 1. The zero-order valence-electron chi connectivity index (χ0n) is 17.4. The standard InChI is InChI=1S/C24H29N3O2/c1-16-10-18(22(25)21(11-16)17(2)28)12-27-20-6-4-19(5-7-20)24-8-9-26-14-23(24,13-24)15-29-3/h4-7,10-12,25-27H,8-9,13-15H2,1-3H3/b18-12-,25-22?. The summed E-state index contributed by atoms with van der Waals surface area (Å²) in [4.78, 5) is 11.8. The fourth-order valence-electron chi connectivity index (χ4n) is 5.07. The molecule has 4 rings (SSSR count). The lowest BCUT2D eigenvalue weighted by Crippen LogP contribution is -2.40. The lowest BCUT2D eigenvalue weighted by atomic mass is 9.81. The second-order valence-corrected chi connectivity index (χ2v) is 8.60. The summed E-state index contributed by atoms with van der Waals surface area (Å²) >= 11 is 0. The number of piperidine rings is 1. The van der Waals surface area contributed by atoms with Crippen LogP contribution < -0.4 is 10.6 Å². The minimum Gasteiger partial charge on any atom is -0.384 e. The number of carbonyl (C=O) groups excluding carboxylic acids is 1. The predicted molar refractivity (Wildman–Crippen MR) is 116 cm³/mol. The quantitative estimate of drug-likeness (QED) is 0.691. The van der Waals surface area contributed by atoms with Crippen LogP contribution in [0.5, 0.6) is 0 Å². The number of rotatable bonds is 6. The first-order valence-electron chi connectivity index (χ1n) is 10.2. The van der Waals surface area contributed by atoms with Crippen molar-refractivity contribution in [2.75, 3.05) is 32.1 Å². The Labute approximate surface area is 172 Å². The van der Waals surface area contributed by atoms with Gasteiger partial charge in [0.1, 0.15) is 0 Å². The van der Waals surface area contributed by atoms with Crippen LogP contribution in [0.2, 0.25) is 0 Å². The minimum atomic E-state index is -0.0806. The highest BCUT2D eigenvalue weighted by Gasteiger charge is 2.68. The number of fused-ring (bicyclic) bond motifs is 1. The van der Waals surface area contributed by atoms with Crippen LogP contribution in [0.15, 0.2) is 59.3 Å². The average molecular weight is 392 g/mol. The fraction of sp³-hybridized carbons (Fsp3) is 0.417. The number of ether oxygens (including phenoxy) is 1. The molecule has 1 aromatic rings. The number of ketones is 1. The van der Waals surface area contributed by atoms with Crippen LogP contribution in [0.1, 0.15) is 32.3 Å². The van der Waals surface area contributed by atoms with Crippen molar-refractivity contribution >= 4 is 17.2 Å². The highest BCUT2D eigenvalue weighted by molar-refractivity contribution is 6.28. The molecule has 1 aliphatic heterocycles. The van der Waals surface area contributed by atoms with Gasteiger partial charge in [0.25, 0.3) is 0 Å². The van der Waals surface area contributed by atoms with Gasteiger partial charge in [-0.3, -0.25) is 10.2 Å². The summed E-state index contributed by atoms with van der Waals surface area (Å²) < 4.78 is 5.53.